The summed E-state index contributed by atoms with van der Waals surface area (Å²) in [5.41, 5.74) is 7.55. The van der Waals surface area contributed by atoms with Crippen LogP contribution in [0.3, 0.4) is 0 Å². The smallest absolute Gasteiger partial charge is 0.277 e. The highest BCUT2D eigenvalue weighted by Crippen LogP contribution is 2.17. The molecule has 0 atom stereocenters. The van der Waals surface area contributed by atoms with Gasteiger partial charge < -0.3 is 14.4 Å². The third kappa shape index (κ3) is 4.59. The molecule has 0 fully saturated rings. The Bertz CT molecular complexity index is 967. The molecule has 0 radical (unpaired) electrons. The Morgan fingerprint density at radius 3 is 2.21 bits per heavy atom. The first-order valence-electron chi connectivity index (χ1n) is 8.95. The van der Waals surface area contributed by atoms with E-state index in [9.17, 15) is 9.90 Å². The van der Waals surface area contributed by atoms with Crippen molar-refractivity contribution in [1.82, 2.24) is 9.99 Å². The molecule has 6 heteroatoms. The van der Waals surface area contributed by atoms with Crippen LogP contribution in [0.25, 0.3) is 5.69 Å². The van der Waals surface area contributed by atoms with E-state index in [-0.39, 0.29) is 18.3 Å². The third-order valence-electron chi connectivity index (χ3n) is 4.37. The summed E-state index contributed by atoms with van der Waals surface area (Å²) in [5, 5.41) is 13.4. The van der Waals surface area contributed by atoms with E-state index in [0.29, 0.717) is 11.5 Å². The van der Waals surface area contributed by atoms with Gasteiger partial charge in [-0.05, 0) is 74.9 Å². The summed E-state index contributed by atoms with van der Waals surface area (Å²) in [4.78, 5) is 11.9. The van der Waals surface area contributed by atoms with Gasteiger partial charge in [0.15, 0.2) is 6.61 Å². The van der Waals surface area contributed by atoms with E-state index in [1.807, 2.05) is 31.2 Å². The van der Waals surface area contributed by atoms with Crippen LogP contribution in [0.5, 0.6) is 11.5 Å². The zero-order valence-corrected chi connectivity index (χ0v) is 16.1. The molecule has 0 aliphatic heterocycles. The van der Waals surface area contributed by atoms with Crippen molar-refractivity contribution in [2.45, 2.75) is 20.8 Å². The Morgan fingerprint density at radius 1 is 1.00 bits per heavy atom. The molecule has 6 nitrogen and oxygen atoms in total. The van der Waals surface area contributed by atoms with Gasteiger partial charge in [0.05, 0.1) is 5.71 Å². The van der Waals surface area contributed by atoms with E-state index in [4.69, 9.17) is 4.74 Å². The number of rotatable bonds is 6. The average Bonchev–Trinajstić information content (AvgIpc) is 3.04. The fraction of sp³-hybridized carbons (Fsp3) is 0.182. The van der Waals surface area contributed by atoms with Crippen molar-refractivity contribution in [2.24, 2.45) is 5.10 Å². The number of aryl methyl sites for hydroxylation is 2. The first kappa shape index (κ1) is 19.2. The van der Waals surface area contributed by atoms with Gasteiger partial charge in [-0.25, -0.2) is 5.43 Å². The summed E-state index contributed by atoms with van der Waals surface area (Å²) >= 11 is 0. The molecule has 1 amide bonds. The molecule has 3 rings (SSSR count). The van der Waals surface area contributed by atoms with Gasteiger partial charge in [-0.3, -0.25) is 4.79 Å². The number of carbonyl (C=O) groups is 1. The molecule has 1 aromatic heterocycles. The SMILES string of the molecule is C/C(=N\NC(=O)COc1ccc(O)cc1)c1ccc(-n2c(C)ccc2C)cc1. The number of nitrogens with zero attached hydrogens (tertiary/aromatic N) is 2. The van der Waals surface area contributed by atoms with Crippen molar-refractivity contribution in [2.75, 3.05) is 6.61 Å². The molecule has 0 saturated carbocycles. The number of aromatic hydroxyl groups is 1. The zero-order chi connectivity index (χ0) is 20.1. The van der Waals surface area contributed by atoms with E-state index in [1.54, 1.807) is 12.1 Å². The first-order valence-corrected chi connectivity index (χ1v) is 8.95. The lowest BCUT2D eigenvalue weighted by Gasteiger charge is -2.10. The standard InChI is InChI=1S/C22H23N3O3/c1-15-4-5-16(2)25(15)19-8-6-18(7-9-19)17(3)23-24-22(27)14-28-21-12-10-20(26)11-13-21/h4-13,26H,14H2,1-3H3,(H,24,27)/b23-17+. The number of nitrogens with one attached hydrogen (secondary N) is 1. The van der Waals surface area contributed by atoms with Crippen molar-refractivity contribution in [3.63, 3.8) is 0 Å². The molecule has 0 bridgehead atoms. The van der Waals surface area contributed by atoms with Crippen molar-refractivity contribution >= 4 is 11.6 Å². The number of ether oxygens (including phenoxy) is 1. The van der Waals surface area contributed by atoms with Crippen molar-refractivity contribution < 1.29 is 14.6 Å². The van der Waals surface area contributed by atoms with E-state index in [1.165, 1.54) is 23.5 Å². The lowest BCUT2D eigenvalue weighted by atomic mass is 10.1. The number of phenolic OH excluding ortho intramolecular Hbond substituents is 1. The Morgan fingerprint density at radius 2 is 1.61 bits per heavy atom. The number of hydrazone groups is 1. The highest BCUT2D eigenvalue weighted by atomic mass is 16.5. The van der Waals surface area contributed by atoms with Gasteiger partial charge in [-0.2, -0.15) is 5.10 Å². The molecule has 1 heterocycles. The average molecular weight is 377 g/mol. The number of hydrogen-bond donors (Lipinski definition) is 2. The Labute approximate surface area is 164 Å². The Balaban J connectivity index is 1.58. The maximum atomic E-state index is 11.9. The van der Waals surface area contributed by atoms with Crippen LogP contribution in [-0.4, -0.2) is 27.9 Å². The lowest BCUT2D eigenvalue weighted by Crippen LogP contribution is -2.25. The summed E-state index contributed by atoms with van der Waals surface area (Å²) < 4.78 is 7.52. The summed E-state index contributed by atoms with van der Waals surface area (Å²) in [5.74, 6) is 0.285. The molecule has 2 N–H and O–H groups in total. The van der Waals surface area contributed by atoms with Gasteiger partial charge in [0.1, 0.15) is 11.5 Å². The van der Waals surface area contributed by atoms with Crippen molar-refractivity contribution in [1.29, 1.82) is 0 Å². The molecule has 0 saturated heterocycles. The van der Waals surface area contributed by atoms with Gasteiger partial charge in [0.2, 0.25) is 0 Å². The fourth-order valence-corrected chi connectivity index (χ4v) is 2.86. The van der Waals surface area contributed by atoms with Crippen molar-refractivity contribution in [3.8, 4) is 17.2 Å². The third-order valence-corrected chi connectivity index (χ3v) is 4.37. The van der Waals surface area contributed by atoms with Crippen LogP contribution in [0.1, 0.15) is 23.9 Å². The molecule has 0 aliphatic carbocycles. The molecular weight excluding hydrogens is 354 g/mol. The van der Waals surface area contributed by atoms with Crippen LogP contribution < -0.4 is 10.2 Å². The second kappa shape index (κ2) is 8.43. The van der Waals surface area contributed by atoms with Crippen molar-refractivity contribution in [3.05, 3.63) is 77.6 Å². The summed E-state index contributed by atoms with van der Waals surface area (Å²) in [6.45, 7) is 5.82. The minimum Gasteiger partial charge on any atom is -0.508 e. The van der Waals surface area contributed by atoms with Crippen LogP contribution in [0.2, 0.25) is 0 Å². The molecular formula is C22H23N3O3. The molecule has 144 valence electrons. The van der Waals surface area contributed by atoms with E-state index < -0.39 is 0 Å². The fourth-order valence-electron chi connectivity index (χ4n) is 2.86. The second-order valence-electron chi connectivity index (χ2n) is 6.51. The summed E-state index contributed by atoms with van der Waals surface area (Å²) in [7, 11) is 0. The predicted octanol–water partition coefficient (Wildman–Crippen LogP) is 3.72. The highest BCUT2D eigenvalue weighted by molar-refractivity contribution is 5.99. The number of aromatic nitrogens is 1. The Kier molecular flexibility index (Phi) is 5.79. The molecule has 0 unspecified atom stereocenters. The van der Waals surface area contributed by atoms with Gasteiger partial charge in [-0.1, -0.05) is 12.1 Å². The topological polar surface area (TPSA) is 75.8 Å². The lowest BCUT2D eigenvalue weighted by molar-refractivity contribution is -0.123. The maximum absolute atomic E-state index is 11.9. The normalized spacial score (nSPS) is 11.3. The van der Waals surface area contributed by atoms with Gasteiger partial charge in [0, 0.05) is 17.1 Å². The highest BCUT2D eigenvalue weighted by Gasteiger charge is 2.06. The molecule has 0 spiro atoms. The van der Waals surface area contributed by atoms with Crippen LogP contribution in [0.4, 0.5) is 0 Å². The van der Waals surface area contributed by atoms with E-state index in [0.717, 1.165) is 11.3 Å². The minimum atomic E-state index is -0.359. The quantitative estimate of drug-likeness (QED) is 0.508. The van der Waals surface area contributed by atoms with E-state index >= 15 is 0 Å². The largest absolute Gasteiger partial charge is 0.508 e. The molecule has 3 aromatic rings. The zero-order valence-electron chi connectivity index (χ0n) is 16.1. The number of carbonyl (C=O) groups excluding carboxylic acids is 1. The number of hydrogen-bond acceptors (Lipinski definition) is 4. The van der Waals surface area contributed by atoms with Crippen LogP contribution in [-0.2, 0) is 4.79 Å². The monoisotopic (exact) mass is 377 g/mol. The molecule has 0 aliphatic rings. The minimum absolute atomic E-state index is 0.144. The number of benzene rings is 2. The first-order chi connectivity index (χ1) is 13.4. The Hall–Kier alpha value is -3.54. The van der Waals surface area contributed by atoms with Gasteiger partial charge in [-0.15, -0.1) is 0 Å². The number of amides is 1. The molecule has 2 aromatic carbocycles. The predicted molar refractivity (Wildman–Crippen MR) is 109 cm³/mol. The van der Waals surface area contributed by atoms with Crippen LogP contribution in [0, 0.1) is 13.8 Å². The van der Waals surface area contributed by atoms with E-state index in [2.05, 4.69) is 41.1 Å². The van der Waals surface area contributed by atoms with Crippen LogP contribution in [0.15, 0.2) is 65.8 Å². The maximum Gasteiger partial charge on any atom is 0.277 e. The van der Waals surface area contributed by atoms with Crippen LogP contribution >= 0.6 is 0 Å². The summed E-state index contributed by atoms with van der Waals surface area (Å²) in [6.07, 6.45) is 0. The second-order valence-corrected chi connectivity index (χ2v) is 6.51. The molecule has 28 heavy (non-hydrogen) atoms. The van der Waals surface area contributed by atoms with Gasteiger partial charge in [0.25, 0.3) is 5.91 Å². The van der Waals surface area contributed by atoms with Gasteiger partial charge >= 0.3 is 0 Å². The number of phenols is 1. The summed E-state index contributed by atoms with van der Waals surface area (Å²) in [6, 6.07) is 18.4.